The van der Waals surface area contributed by atoms with Crippen LogP contribution < -0.4 is 0 Å². The lowest BCUT2D eigenvalue weighted by Gasteiger charge is -2.04. The molecule has 0 fully saturated rings. The smallest absolute Gasteiger partial charge is 0.184 e. The molecule has 0 aliphatic rings. The Labute approximate surface area is 121 Å². The molecule has 2 heterocycles. The van der Waals surface area contributed by atoms with Gasteiger partial charge in [-0.2, -0.15) is 10.4 Å². The minimum Gasteiger partial charge on any atom is -0.327 e. The van der Waals surface area contributed by atoms with Gasteiger partial charge in [0.2, 0.25) is 0 Å². The van der Waals surface area contributed by atoms with Crippen LogP contribution in [0.3, 0.4) is 0 Å². The van der Waals surface area contributed by atoms with Crippen LogP contribution in [0, 0.1) is 16.1 Å². The standard InChI is InChI=1S/C14H13N5S/c1-3-11-12-13(18(2)17-11)19(14(20)16-12)10-6-4-9(8-15)5-7-10/h4-7H,3H2,1-2H3,(H,16,20). The predicted molar refractivity (Wildman–Crippen MR) is 79.3 cm³/mol. The van der Waals surface area contributed by atoms with Crippen molar-refractivity contribution in [2.45, 2.75) is 13.3 Å². The highest BCUT2D eigenvalue weighted by Gasteiger charge is 2.15. The van der Waals surface area contributed by atoms with E-state index in [1.165, 1.54) is 0 Å². The Morgan fingerprint density at radius 2 is 2.05 bits per heavy atom. The van der Waals surface area contributed by atoms with Crippen LogP contribution in [0.5, 0.6) is 0 Å². The molecule has 20 heavy (non-hydrogen) atoms. The van der Waals surface area contributed by atoms with E-state index >= 15 is 0 Å². The molecule has 3 aromatic rings. The van der Waals surface area contributed by atoms with Gasteiger partial charge in [-0.3, -0.25) is 4.57 Å². The number of aryl methyl sites for hydroxylation is 2. The zero-order chi connectivity index (χ0) is 14.3. The number of fused-ring (bicyclic) bond motifs is 1. The molecule has 0 aliphatic heterocycles. The maximum absolute atomic E-state index is 8.87. The summed E-state index contributed by atoms with van der Waals surface area (Å²) in [5.41, 5.74) is 4.47. The van der Waals surface area contributed by atoms with E-state index in [4.69, 9.17) is 17.5 Å². The fourth-order valence-corrected chi connectivity index (χ4v) is 2.68. The molecule has 0 amide bonds. The van der Waals surface area contributed by atoms with E-state index in [0.717, 1.165) is 29.0 Å². The minimum absolute atomic E-state index is 0.631. The fourth-order valence-electron chi connectivity index (χ4n) is 2.38. The number of benzene rings is 1. The second kappa shape index (κ2) is 4.62. The average molecular weight is 283 g/mol. The predicted octanol–water partition coefficient (Wildman–Crippen LogP) is 2.86. The van der Waals surface area contributed by atoms with Gasteiger partial charge in [-0.25, -0.2) is 4.68 Å². The first-order valence-corrected chi connectivity index (χ1v) is 6.73. The van der Waals surface area contributed by atoms with Gasteiger partial charge in [-0.1, -0.05) is 6.92 Å². The van der Waals surface area contributed by atoms with Crippen molar-refractivity contribution in [1.82, 2.24) is 19.3 Å². The number of hydrogen-bond acceptors (Lipinski definition) is 3. The summed E-state index contributed by atoms with van der Waals surface area (Å²) in [6, 6.07) is 9.46. The summed E-state index contributed by atoms with van der Waals surface area (Å²) in [7, 11) is 1.91. The molecule has 1 N–H and O–H groups in total. The van der Waals surface area contributed by atoms with Gasteiger partial charge in [0.1, 0.15) is 5.52 Å². The van der Waals surface area contributed by atoms with Gasteiger partial charge >= 0.3 is 0 Å². The third-order valence-corrected chi connectivity index (χ3v) is 3.61. The topological polar surface area (TPSA) is 62.3 Å². The van der Waals surface area contributed by atoms with Crippen molar-refractivity contribution < 1.29 is 0 Å². The summed E-state index contributed by atoms with van der Waals surface area (Å²) >= 11 is 5.42. The summed E-state index contributed by atoms with van der Waals surface area (Å²) in [4.78, 5) is 3.22. The van der Waals surface area contributed by atoms with Crippen LogP contribution >= 0.6 is 12.2 Å². The molecule has 0 unspecified atom stereocenters. The molecule has 100 valence electrons. The largest absolute Gasteiger partial charge is 0.327 e. The van der Waals surface area contributed by atoms with Gasteiger partial charge in [0, 0.05) is 12.7 Å². The Bertz CT molecular complexity index is 873. The second-order valence-corrected chi connectivity index (χ2v) is 4.93. The highest BCUT2D eigenvalue weighted by Crippen LogP contribution is 2.22. The lowest BCUT2D eigenvalue weighted by molar-refractivity contribution is 0.748. The van der Waals surface area contributed by atoms with Crippen molar-refractivity contribution in [2.24, 2.45) is 7.05 Å². The Morgan fingerprint density at radius 3 is 2.65 bits per heavy atom. The highest BCUT2D eigenvalue weighted by atomic mass is 32.1. The fraction of sp³-hybridized carbons (Fsp3) is 0.214. The van der Waals surface area contributed by atoms with Crippen LogP contribution in [0.1, 0.15) is 18.2 Å². The van der Waals surface area contributed by atoms with E-state index in [-0.39, 0.29) is 0 Å². The molecule has 2 aromatic heterocycles. The SMILES string of the molecule is CCc1nn(C)c2c1[nH]c(=S)n2-c1ccc(C#N)cc1. The normalized spacial score (nSPS) is 10.8. The summed E-state index contributed by atoms with van der Waals surface area (Å²) < 4.78 is 4.41. The van der Waals surface area contributed by atoms with E-state index in [1.54, 1.807) is 12.1 Å². The molecule has 0 aliphatic carbocycles. The van der Waals surface area contributed by atoms with Crippen molar-refractivity contribution in [1.29, 1.82) is 5.26 Å². The van der Waals surface area contributed by atoms with E-state index in [0.29, 0.717) is 10.3 Å². The molecule has 0 atom stereocenters. The number of nitrogens with zero attached hydrogens (tertiary/aromatic N) is 4. The monoisotopic (exact) mass is 283 g/mol. The first-order chi connectivity index (χ1) is 9.65. The molecule has 0 bridgehead atoms. The van der Waals surface area contributed by atoms with E-state index in [1.807, 2.05) is 28.4 Å². The maximum atomic E-state index is 8.87. The molecule has 1 aromatic carbocycles. The number of nitriles is 1. The van der Waals surface area contributed by atoms with Crippen LogP contribution in [-0.4, -0.2) is 19.3 Å². The van der Waals surface area contributed by atoms with Gasteiger partial charge < -0.3 is 4.98 Å². The first kappa shape index (κ1) is 12.6. The van der Waals surface area contributed by atoms with Crippen molar-refractivity contribution in [3.05, 3.63) is 40.3 Å². The third-order valence-electron chi connectivity index (χ3n) is 3.33. The van der Waals surface area contributed by atoms with Crippen LogP contribution in [0.2, 0.25) is 0 Å². The van der Waals surface area contributed by atoms with Gasteiger partial charge in [0.25, 0.3) is 0 Å². The average Bonchev–Trinajstić information content (AvgIpc) is 2.96. The zero-order valence-corrected chi connectivity index (χ0v) is 12.0. The van der Waals surface area contributed by atoms with Crippen LogP contribution in [0.15, 0.2) is 24.3 Å². The van der Waals surface area contributed by atoms with Gasteiger partial charge in [-0.15, -0.1) is 0 Å². The molecule has 0 saturated heterocycles. The van der Waals surface area contributed by atoms with Gasteiger partial charge in [0.05, 0.1) is 17.3 Å². The van der Waals surface area contributed by atoms with E-state index in [9.17, 15) is 0 Å². The first-order valence-electron chi connectivity index (χ1n) is 6.33. The molecule has 0 radical (unpaired) electrons. The van der Waals surface area contributed by atoms with Crippen LogP contribution in [0.4, 0.5) is 0 Å². The number of imidazole rings is 1. The molecule has 6 heteroatoms. The maximum Gasteiger partial charge on any atom is 0.184 e. The molecule has 3 rings (SSSR count). The third kappa shape index (κ3) is 1.75. The number of H-pyrrole nitrogens is 1. The minimum atomic E-state index is 0.631. The lowest BCUT2D eigenvalue weighted by atomic mass is 10.2. The number of rotatable bonds is 2. The summed E-state index contributed by atoms with van der Waals surface area (Å²) in [6.45, 7) is 2.07. The Morgan fingerprint density at radius 1 is 1.35 bits per heavy atom. The quantitative estimate of drug-likeness (QED) is 0.736. The van der Waals surface area contributed by atoms with Crippen molar-refractivity contribution in [3.8, 4) is 11.8 Å². The van der Waals surface area contributed by atoms with Crippen LogP contribution in [0.25, 0.3) is 16.9 Å². The second-order valence-electron chi connectivity index (χ2n) is 4.55. The van der Waals surface area contributed by atoms with Crippen molar-refractivity contribution >= 4 is 23.4 Å². The number of nitrogens with one attached hydrogen (secondary N) is 1. The Balaban J connectivity index is 2.30. The summed E-state index contributed by atoms with van der Waals surface area (Å²) in [5, 5.41) is 13.4. The zero-order valence-electron chi connectivity index (χ0n) is 11.2. The van der Waals surface area contributed by atoms with Crippen LogP contribution in [-0.2, 0) is 13.5 Å². The molecular weight excluding hydrogens is 270 g/mol. The summed E-state index contributed by atoms with van der Waals surface area (Å²) in [6.07, 6.45) is 0.847. The Hall–Kier alpha value is -2.39. The number of aromatic nitrogens is 4. The summed E-state index contributed by atoms with van der Waals surface area (Å²) in [5.74, 6) is 0. The Kier molecular flexibility index (Phi) is 2.92. The number of hydrogen-bond donors (Lipinski definition) is 1. The van der Waals surface area contributed by atoms with Crippen molar-refractivity contribution in [3.63, 3.8) is 0 Å². The van der Waals surface area contributed by atoms with E-state index < -0.39 is 0 Å². The molecule has 0 saturated carbocycles. The molecule has 5 nitrogen and oxygen atoms in total. The lowest BCUT2D eigenvalue weighted by Crippen LogP contribution is -2.01. The molecule has 0 spiro atoms. The van der Waals surface area contributed by atoms with Gasteiger partial charge in [-0.05, 0) is 42.9 Å². The van der Waals surface area contributed by atoms with Crippen molar-refractivity contribution in [2.75, 3.05) is 0 Å². The van der Waals surface area contributed by atoms with E-state index in [2.05, 4.69) is 23.1 Å². The number of aromatic amines is 1. The van der Waals surface area contributed by atoms with Gasteiger partial charge in [0.15, 0.2) is 10.4 Å². The highest BCUT2D eigenvalue weighted by molar-refractivity contribution is 7.71. The molecular formula is C14H13N5S.